The van der Waals surface area contributed by atoms with E-state index in [0.717, 1.165) is 54.5 Å². The van der Waals surface area contributed by atoms with Crippen LogP contribution in [0.4, 0.5) is 0 Å². The molecule has 5 rings (SSSR count). The fraction of sp³-hybridized carbons (Fsp3) is 0.519. The van der Waals surface area contributed by atoms with Gasteiger partial charge in [-0.15, -0.1) is 0 Å². The van der Waals surface area contributed by atoms with E-state index in [9.17, 15) is 4.79 Å². The molecule has 0 unspecified atom stereocenters. The molecule has 0 bridgehead atoms. The maximum absolute atomic E-state index is 13.1. The number of hydrogen-bond donors (Lipinski definition) is 2. The Morgan fingerprint density at radius 1 is 1.06 bits per heavy atom. The van der Waals surface area contributed by atoms with Crippen molar-refractivity contribution < 1.29 is 4.79 Å². The van der Waals surface area contributed by atoms with Crippen LogP contribution in [0, 0.1) is 0 Å². The SMILES string of the molecule is CC(C)(C)N1CCC(NC(=O)c2n[nH]c3ccc(-c4cncc(CN5CCCC5)c4)cc23)CC1. The summed E-state index contributed by atoms with van der Waals surface area (Å²) in [5.74, 6) is -0.0986. The number of carbonyl (C=O) groups excluding carboxylic acids is 1. The standard InChI is InChI=1S/C27H36N6O/c1-27(2,3)33-12-8-22(9-13-33)29-26(34)25-23-15-20(6-7-24(23)30-31-25)21-14-19(16-28-17-21)18-32-10-4-5-11-32/h6-7,14-17,22H,4-5,8-13,18H2,1-3H3,(H,29,34)(H,30,31). The van der Waals surface area contributed by atoms with Crippen LogP contribution in [-0.2, 0) is 6.54 Å². The number of carbonyl (C=O) groups is 1. The zero-order valence-electron chi connectivity index (χ0n) is 20.6. The molecule has 2 fully saturated rings. The lowest BCUT2D eigenvalue weighted by Crippen LogP contribution is -2.50. The number of benzene rings is 1. The summed E-state index contributed by atoms with van der Waals surface area (Å²) >= 11 is 0. The van der Waals surface area contributed by atoms with Gasteiger partial charge in [-0.05, 0) is 88.9 Å². The minimum absolute atomic E-state index is 0.0986. The van der Waals surface area contributed by atoms with Crippen LogP contribution in [0.25, 0.3) is 22.0 Å². The van der Waals surface area contributed by atoms with Gasteiger partial charge in [-0.3, -0.25) is 24.7 Å². The zero-order chi connectivity index (χ0) is 23.7. The number of amides is 1. The van der Waals surface area contributed by atoms with Gasteiger partial charge in [0.15, 0.2) is 5.69 Å². The fourth-order valence-corrected chi connectivity index (χ4v) is 5.25. The molecule has 3 aromatic rings. The van der Waals surface area contributed by atoms with Crippen molar-refractivity contribution in [1.82, 2.24) is 30.3 Å². The number of aromatic nitrogens is 3. The van der Waals surface area contributed by atoms with E-state index in [1.807, 2.05) is 18.5 Å². The summed E-state index contributed by atoms with van der Waals surface area (Å²) in [4.78, 5) is 22.6. The molecule has 0 aliphatic carbocycles. The first-order chi connectivity index (χ1) is 16.4. The summed E-state index contributed by atoms with van der Waals surface area (Å²) in [6, 6.07) is 8.54. The summed E-state index contributed by atoms with van der Waals surface area (Å²) < 4.78 is 0. The zero-order valence-corrected chi connectivity index (χ0v) is 20.6. The summed E-state index contributed by atoms with van der Waals surface area (Å²) in [5, 5.41) is 11.5. The van der Waals surface area contributed by atoms with Crippen molar-refractivity contribution in [2.24, 2.45) is 0 Å². The van der Waals surface area contributed by atoms with Crippen molar-refractivity contribution in [2.45, 2.75) is 64.6 Å². The molecule has 0 spiro atoms. The monoisotopic (exact) mass is 460 g/mol. The third kappa shape index (κ3) is 5.00. The molecule has 2 aliphatic rings. The first-order valence-electron chi connectivity index (χ1n) is 12.6. The lowest BCUT2D eigenvalue weighted by atomic mass is 9.98. The van der Waals surface area contributed by atoms with Crippen LogP contribution >= 0.6 is 0 Å². The van der Waals surface area contributed by atoms with Gasteiger partial charge in [-0.25, -0.2) is 0 Å². The smallest absolute Gasteiger partial charge is 0.272 e. The Labute approximate surface area is 201 Å². The van der Waals surface area contributed by atoms with Crippen molar-refractivity contribution in [1.29, 1.82) is 0 Å². The molecule has 34 heavy (non-hydrogen) atoms. The lowest BCUT2D eigenvalue weighted by Gasteiger charge is -2.40. The molecule has 7 nitrogen and oxygen atoms in total. The second kappa shape index (κ2) is 9.47. The van der Waals surface area contributed by atoms with Gasteiger partial charge in [0.2, 0.25) is 0 Å². The number of aromatic amines is 1. The third-order valence-electron chi connectivity index (χ3n) is 7.29. The van der Waals surface area contributed by atoms with E-state index in [1.165, 1.54) is 31.5 Å². The molecule has 0 radical (unpaired) electrons. The van der Waals surface area contributed by atoms with Crippen LogP contribution in [0.1, 0.15) is 62.5 Å². The van der Waals surface area contributed by atoms with E-state index in [2.05, 4.69) is 69.3 Å². The van der Waals surface area contributed by atoms with Crippen molar-refractivity contribution in [2.75, 3.05) is 26.2 Å². The van der Waals surface area contributed by atoms with Crippen molar-refractivity contribution in [3.63, 3.8) is 0 Å². The van der Waals surface area contributed by atoms with Crippen molar-refractivity contribution >= 4 is 16.8 Å². The highest BCUT2D eigenvalue weighted by Gasteiger charge is 2.28. The van der Waals surface area contributed by atoms with Crippen LogP contribution < -0.4 is 5.32 Å². The molecule has 0 atom stereocenters. The summed E-state index contributed by atoms with van der Waals surface area (Å²) in [5.41, 5.74) is 4.86. The van der Waals surface area contributed by atoms with Gasteiger partial charge in [0, 0.05) is 54.6 Å². The summed E-state index contributed by atoms with van der Waals surface area (Å²) in [7, 11) is 0. The predicted octanol–water partition coefficient (Wildman–Crippen LogP) is 4.21. The van der Waals surface area contributed by atoms with E-state index in [-0.39, 0.29) is 17.5 Å². The Balaban J connectivity index is 1.31. The number of rotatable bonds is 5. The highest BCUT2D eigenvalue weighted by atomic mass is 16.2. The van der Waals surface area contributed by atoms with Gasteiger partial charge in [0.25, 0.3) is 5.91 Å². The van der Waals surface area contributed by atoms with Crippen LogP contribution in [0.3, 0.4) is 0 Å². The predicted molar refractivity (Wildman–Crippen MR) is 136 cm³/mol. The molecule has 2 aliphatic heterocycles. The summed E-state index contributed by atoms with van der Waals surface area (Å²) in [6.07, 6.45) is 8.35. The number of H-pyrrole nitrogens is 1. The Kier molecular flexibility index (Phi) is 6.40. The molecule has 4 heterocycles. The molecular weight excluding hydrogens is 424 g/mol. The molecule has 1 amide bonds. The van der Waals surface area contributed by atoms with Gasteiger partial charge < -0.3 is 5.32 Å². The average molecular weight is 461 g/mol. The fourth-order valence-electron chi connectivity index (χ4n) is 5.25. The average Bonchev–Trinajstić information content (AvgIpc) is 3.48. The molecule has 2 aromatic heterocycles. The minimum Gasteiger partial charge on any atom is -0.348 e. The van der Waals surface area contributed by atoms with Gasteiger partial charge in [-0.1, -0.05) is 6.07 Å². The van der Waals surface area contributed by atoms with Gasteiger partial charge in [0.05, 0.1) is 5.52 Å². The van der Waals surface area contributed by atoms with Crippen LogP contribution in [0.5, 0.6) is 0 Å². The molecule has 2 N–H and O–H groups in total. The lowest BCUT2D eigenvalue weighted by molar-refractivity contribution is 0.0810. The highest BCUT2D eigenvalue weighted by Crippen LogP contribution is 2.27. The molecular formula is C27H36N6O. The molecule has 1 aromatic carbocycles. The van der Waals surface area contributed by atoms with E-state index in [0.29, 0.717) is 5.69 Å². The number of pyridine rings is 1. The quantitative estimate of drug-likeness (QED) is 0.596. The number of likely N-dealkylation sites (tertiary alicyclic amines) is 2. The van der Waals surface area contributed by atoms with Crippen LogP contribution in [-0.4, -0.2) is 68.6 Å². The number of piperidine rings is 1. The largest absolute Gasteiger partial charge is 0.348 e. The van der Waals surface area contributed by atoms with Crippen molar-refractivity contribution in [3.05, 3.63) is 47.9 Å². The first-order valence-corrected chi connectivity index (χ1v) is 12.6. The number of fused-ring (bicyclic) bond motifs is 1. The minimum atomic E-state index is -0.0986. The second-order valence-electron chi connectivity index (χ2n) is 10.8. The van der Waals surface area contributed by atoms with E-state index in [4.69, 9.17) is 0 Å². The number of nitrogens with zero attached hydrogens (tertiary/aromatic N) is 4. The normalized spacial score (nSPS) is 18.6. The molecule has 7 heteroatoms. The van der Waals surface area contributed by atoms with E-state index < -0.39 is 0 Å². The van der Waals surface area contributed by atoms with E-state index >= 15 is 0 Å². The Morgan fingerprint density at radius 3 is 2.56 bits per heavy atom. The molecule has 0 saturated carbocycles. The van der Waals surface area contributed by atoms with Gasteiger partial charge >= 0.3 is 0 Å². The maximum atomic E-state index is 13.1. The highest BCUT2D eigenvalue weighted by molar-refractivity contribution is 6.05. The van der Waals surface area contributed by atoms with Crippen LogP contribution in [0.15, 0.2) is 36.7 Å². The van der Waals surface area contributed by atoms with Gasteiger partial charge in [-0.2, -0.15) is 5.10 Å². The number of nitrogens with one attached hydrogen (secondary N) is 2. The third-order valence-corrected chi connectivity index (χ3v) is 7.29. The number of hydrogen-bond acceptors (Lipinski definition) is 5. The second-order valence-corrected chi connectivity index (χ2v) is 10.8. The van der Waals surface area contributed by atoms with Gasteiger partial charge in [0.1, 0.15) is 0 Å². The first kappa shape index (κ1) is 23.0. The Morgan fingerprint density at radius 2 is 1.82 bits per heavy atom. The maximum Gasteiger partial charge on any atom is 0.272 e. The molecule has 2 saturated heterocycles. The molecule has 180 valence electrons. The van der Waals surface area contributed by atoms with E-state index in [1.54, 1.807) is 0 Å². The summed E-state index contributed by atoms with van der Waals surface area (Å²) in [6.45, 7) is 12.0. The van der Waals surface area contributed by atoms with Crippen molar-refractivity contribution in [3.8, 4) is 11.1 Å². The van der Waals surface area contributed by atoms with Crippen LogP contribution in [0.2, 0.25) is 0 Å². The Hall–Kier alpha value is -2.77. The Bertz CT molecular complexity index is 1150. The topological polar surface area (TPSA) is 77.1 Å².